The molecule has 0 unspecified atom stereocenters. The van der Waals surface area contributed by atoms with Gasteiger partial charge in [0.15, 0.2) is 0 Å². The van der Waals surface area contributed by atoms with Crippen molar-refractivity contribution in [2.75, 3.05) is 13.2 Å². The molecular weight excluding hydrogens is 195 g/mol. The zero-order valence-corrected chi connectivity index (χ0v) is 7.22. The van der Waals surface area contributed by atoms with Crippen molar-refractivity contribution >= 4 is 29.2 Å². The van der Waals surface area contributed by atoms with Gasteiger partial charge in [-0.05, 0) is 6.42 Å². The molecule has 0 aromatic carbocycles. The number of aliphatic hydroxyl groups excluding tert-OH is 2. The van der Waals surface area contributed by atoms with Crippen LogP contribution in [0.5, 0.6) is 0 Å². The summed E-state index contributed by atoms with van der Waals surface area (Å²) < 4.78 is 0. The van der Waals surface area contributed by atoms with Crippen LogP contribution in [0.25, 0.3) is 0 Å². The van der Waals surface area contributed by atoms with Crippen molar-refractivity contribution in [3.8, 4) is 0 Å². The summed E-state index contributed by atoms with van der Waals surface area (Å²) in [5, 5.41) is 23.5. The molecule has 0 aromatic heterocycles. The van der Waals surface area contributed by atoms with Crippen LogP contribution in [0.4, 0.5) is 0 Å². The van der Waals surface area contributed by atoms with Gasteiger partial charge in [-0.15, -0.1) is 0 Å². The molecule has 68 valence electrons. The average Bonchev–Trinajstić information content (AvgIpc) is 1.90. The van der Waals surface area contributed by atoms with Crippen LogP contribution in [0, 0.1) is 0 Å². The third-order valence-electron chi connectivity index (χ3n) is 0.503. The molecule has 0 aromatic rings. The fourth-order valence-electron chi connectivity index (χ4n) is 0.0707. The molecule has 0 radical (unpaired) electrons. The highest BCUT2D eigenvalue weighted by Gasteiger charge is 2.05. The molecule has 6 heteroatoms. The Labute approximate surface area is 74.4 Å². The average molecular weight is 205 g/mol. The predicted molar refractivity (Wildman–Crippen MR) is 41.9 cm³/mol. The van der Waals surface area contributed by atoms with Gasteiger partial charge in [0.05, 0.1) is 0 Å². The summed E-state index contributed by atoms with van der Waals surface area (Å²) in [6, 6.07) is 0. The first kappa shape index (κ1) is 13.6. The maximum absolute atomic E-state index is 9.44. The SMILES string of the molecule is O=C(O)C(Cl)Cl.OCCCO. The lowest BCUT2D eigenvalue weighted by Gasteiger charge is -1.84. The van der Waals surface area contributed by atoms with Crippen LogP contribution in [-0.4, -0.2) is 39.3 Å². The van der Waals surface area contributed by atoms with Crippen molar-refractivity contribution in [2.24, 2.45) is 0 Å². The Kier molecular flexibility index (Phi) is 12.3. The summed E-state index contributed by atoms with van der Waals surface area (Å²) in [4.78, 5) is 8.15. The van der Waals surface area contributed by atoms with Crippen molar-refractivity contribution in [3.63, 3.8) is 0 Å². The van der Waals surface area contributed by atoms with Crippen molar-refractivity contribution in [1.29, 1.82) is 0 Å². The number of hydrogen-bond donors (Lipinski definition) is 3. The molecule has 0 bridgehead atoms. The van der Waals surface area contributed by atoms with E-state index in [-0.39, 0.29) is 13.2 Å². The predicted octanol–water partition coefficient (Wildman–Crippen LogP) is 0.236. The van der Waals surface area contributed by atoms with Crippen LogP contribution in [0.15, 0.2) is 0 Å². The number of aliphatic hydroxyl groups is 2. The molecular formula is C5H10Cl2O4. The smallest absolute Gasteiger partial charge is 0.337 e. The molecule has 11 heavy (non-hydrogen) atoms. The van der Waals surface area contributed by atoms with Crippen molar-refractivity contribution in [1.82, 2.24) is 0 Å². The lowest BCUT2D eigenvalue weighted by atomic mass is 10.5. The topological polar surface area (TPSA) is 77.8 Å². The molecule has 0 aliphatic rings. The summed E-state index contributed by atoms with van der Waals surface area (Å²) in [6.45, 7) is 0.188. The largest absolute Gasteiger partial charge is 0.479 e. The number of aliphatic carboxylic acids is 1. The molecule has 0 rings (SSSR count). The van der Waals surface area contributed by atoms with E-state index >= 15 is 0 Å². The van der Waals surface area contributed by atoms with Crippen LogP contribution in [-0.2, 0) is 4.79 Å². The number of alkyl halides is 2. The zero-order valence-electron chi connectivity index (χ0n) is 5.70. The van der Waals surface area contributed by atoms with Crippen LogP contribution < -0.4 is 0 Å². The van der Waals surface area contributed by atoms with Crippen LogP contribution in [0.3, 0.4) is 0 Å². The monoisotopic (exact) mass is 204 g/mol. The number of carbonyl (C=O) groups is 1. The molecule has 0 saturated carbocycles. The van der Waals surface area contributed by atoms with Crippen molar-refractivity contribution in [3.05, 3.63) is 0 Å². The number of rotatable bonds is 3. The minimum absolute atomic E-state index is 0.0938. The van der Waals surface area contributed by atoms with E-state index in [4.69, 9.17) is 38.5 Å². The Hall–Kier alpha value is -0.0300. The van der Waals surface area contributed by atoms with Crippen LogP contribution in [0.1, 0.15) is 6.42 Å². The molecule has 0 aliphatic carbocycles. The zero-order chi connectivity index (χ0) is 9.28. The van der Waals surface area contributed by atoms with Crippen LogP contribution >= 0.6 is 23.2 Å². The summed E-state index contributed by atoms with van der Waals surface area (Å²) >= 11 is 9.56. The number of halogens is 2. The van der Waals surface area contributed by atoms with Crippen molar-refractivity contribution in [2.45, 2.75) is 11.3 Å². The van der Waals surface area contributed by atoms with Crippen molar-refractivity contribution < 1.29 is 20.1 Å². The molecule has 0 spiro atoms. The van der Waals surface area contributed by atoms with Crippen LogP contribution in [0.2, 0.25) is 0 Å². The summed E-state index contributed by atoms with van der Waals surface area (Å²) in [5.41, 5.74) is 0. The van der Waals surface area contributed by atoms with Gasteiger partial charge in [-0.25, -0.2) is 4.79 Å². The lowest BCUT2D eigenvalue weighted by Crippen LogP contribution is -2.03. The highest BCUT2D eigenvalue weighted by atomic mass is 35.5. The molecule has 0 amide bonds. The maximum Gasteiger partial charge on any atom is 0.337 e. The van der Waals surface area contributed by atoms with Gasteiger partial charge in [0.2, 0.25) is 4.84 Å². The molecule has 0 atom stereocenters. The fourth-order valence-corrected chi connectivity index (χ4v) is 0.0707. The Bertz CT molecular complexity index is 94.5. The van der Waals surface area contributed by atoms with E-state index in [9.17, 15) is 4.79 Å². The van der Waals surface area contributed by atoms with E-state index in [0.717, 1.165) is 0 Å². The Morgan fingerprint density at radius 1 is 1.27 bits per heavy atom. The lowest BCUT2D eigenvalue weighted by molar-refractivity contribution is -0.135. The Morgan fingerprint density at radius 3 is 1.55 bits per heavy atom. The van der Waals surface area contributed by atoms with E-state index in [2.05, 4.69) is 0 Å². The van der Waals surface area contributed by atoms with E-state index < -0.39 is 10.8 Å². The van der Waals surface area contributed by atoms with Gasteiger partial charge in [-0.2, -0.15) is 0 Å². The Balaban J connectivity index is 0. The highest BCUT2D eigenvalue weighted by Crippen LogP contribution is 1.98. The molecule has 4 nitrogen and oxygen atoms in total. The summed E-state index contributed by atoms with van der Waals surface area (Å²) in [6.07, 6.45) is 0.500. The van der Waals surface area contributed by atoms with E-state index in [1.54, 1.807) is 0 Å². The fraction of sp³-hybridized carbons (Fsp3) is 0.800. The van der Waals surface area contributed by atoms with E-state index in [0.29, 0.717) is 6.42 Å². The van der Waals surface area contributed by atoms with Gasteiger partial charge in [-0.3, -0.25) is 0 Å². The first-order valence-corrected chi connectivity index (χ1v) is 3.66. The second-order valence-electron chi connectivity index (χ2n) is 1.44. The molecule has 0 aliphatic heterocycles. The quantitative estimate of drug-likeness (QED) is 0.576. The normalized spacial score (nSPS) is 8.82. The van der Waals surface area contributed by atoms with Gasteiger partial charge < -0.3 is 15.3 Å². The highest BCUT2D eigenvalue weighted by molar-refractivity contribution is 6.52. The number of carboxylic acid groups (broad SMARTS) is 1. The van der Waals surface area contributed by atoms with E-state index in [1.807, 2.05) is 0 Å². The first-order chi connectivity index (χ1) is 5.06. The third kappa shape index (κ3) is 17.8. The minimum Gasteiger partial charge on any atom is -0.479 e. The summed E-state index contributed by atoms with van der Waals surface area (Å²) in [5.74, 6) is -1.21. The maximum atomic E-state index is 9.44. The standard InChI is InChI=1S/C3H8O2.C2H2Cl2O2/c4-2-1-3-5;3-1(4)2(5)6/h4-5H,1-3H2;1H,(H,5,6). The van der Waals surface area contributed by atoms with Gasteiger partial charge in [0, 0.05) is 13.2 Å². The minimum atomic E-state index is -1.29. The molecule has 3 N–H and O–H groups in total. The summed E-state index contributed by atoms with van der Waals surface area (Å²) in [7, 11) is 0. The third-order valence-corrected chi connectivity index (χ3v) is 0.876. The molecule has 0 heterocycles. The van der Waals surface area contributed by atoms with Gasteiger partial charge in [0.25, 0.3) is 0 Å². The van der Waals surface area contributed by atoms with E-state index in [1.165, 1.54) is 0 Å². The number of carboxylic acids is 1. The van der Waals surface area contributed by atoms with Gasteiger partial charge in [0.1, 0.15) is 0 Å². The Morgan fingerprint density at radius 2 is 1.55 bits per heavy atom. The molecule has 0 fully saturated rings. The first-order valence-electron chi connectivity index (χ1n) is 2.79. The second-order valence-corrected chi connectivity index (χ2v) is 2.54. The number of hydrogen-bond acceptors (Lipinski definition) is 3. The second kappa shape index (κ2) is 9.97. The van der Waals surface area contributed by atoms with Gasteiger partial charge >= 0.3 is 5.97 Å². The molecule has 0 saturated heterocycles. The van der Waals surface area contributed by atoms with Gasteiger partial charge in [-0.1, -0.05) is 23.2 Å².